The van der Waals surface area contributed by atoms with Crippen molar-refractivity contribution >= 4 is 36.4 Å². The van der Waals surface area contributed by atoms with Gasteiger partial charge in [-0.05, 0) is 19.4 Å². The average Bonchev–Trinajstić information content (AvgIpc) is 2.50. The van der Waals surface area contributed by atoms with Crippen LogP contribution in [0, 0.1) is 0 Å². The molecule has 0 aromatic heterocycles. The number of carboxylic acid groups (broad SMARTS) is 2. The maximum atomic E-state index is 12.0. The van der Waals surface area contributed by atoms with E-state index >= 15 is 0 Å². The number of carbonyl (C=O) groups is 4. The van der Waals surface area contributed by atoms with Crippen LogP contribution in [-0.2, 0) is 19.2 Å². The van der Waals surface area contributed by atoms with Gasteiger partial charge in [-0.2, -0.15) is 12.6 Å². The molecule has 0 fully saturated rings. The molecule has 0 rings (SSSR count). The highest BCUT2D eigenvalue weighted by Gasteiger charge is 2.28. The number of nitrogens with two attached hydrogens (primary N) is 2. The van der Waals surface area contributed by atoms with Gasteiger partial charge in [-0.15, -0.1) is 0 Å². The van der Waals surface area contributed by atoms with Gasteiger partial charge in [0.25, 0.3) is 0 Å². The van der Waals surface area contributed by atoms with Crippen LogP contribution in [0.3, 0.4) is 0 Å². The lowest BCUT2D eigenvalue weighted by atomic mass is 10.1. The standard InChI is InChI=1S/C13H24N4O6S/c14-4-2-1-3-7(15)11(20)16-8(5-10(18)19)12(21)17-9(6-24)13(22)23/h7-9,24H,1-6,14-15H2,(H,16,20)(H,17,21)(H,18,19)(H,22,23)/t7-,8-,9-/m0/s1. The summed E-state index contributed by atoms with van der Waals surface area (Å²) in [7, 11) is 0. The maximum Gasteiger partial charge on any atom is 0.327 e. The number of carboxylic acids is 2. The second-order valence-electron chi connectivity index (χ2n) is 5.13. The summed E-state index contributed by atoms with van der Waals surface area (Å²) in [5, 5.41) is 22.1. The summed E-state index contributed by atoms with van der Waals surface area (Å²) < 4.78 is 0. The zero-order valence-electron chi connectivity index (χ0n) is 13.1. The van der Waals surface area contributed by atoms with Gasteiger partial charge in [0.2, 0.25) is 11.8 Å². The molecule has 0 spiro atoms. The number of aliphatic carboxylic acids is 2. The maximum absolute atomic E-state index is 12.0. The Morgan fingerprint density at radius 3 is 2.04 bits per heavy atom. The topological polar surface area (TPSA) is 185 Å². The molecule has 0 aromatic rings. The smallest absolute Gasteiger partial charge is 0.327 e. The van der Waals surface area contributed by atoms with E-state index in [1.807, 2.05) is 0 Å². The van der Waals surface area contributed by atoms with Gasteiger partial charge in [0.15, 0.2) is 0 Å². The molecule has 24 heavy (non-hydrogen) atoms. The predicted molar refractivity (Wildman–Crippen MR) is 88.5 cm³/mol. The molecule has 11 heteroatoms. The van der Waals surface area contributed by atoms with Crippen molar-refractivity contribution in [2.24, 2.45) is 11.5 Å². The van der Waals surface area contributed by atoms with E-state index in [0.29, 0.717) is 25.8 Å². The minimum absolute atomic E-state index is 0.187. The molecule has 0 heterocycles. The third kappa shape index (κ3) is 8.70. The van der Waals surface area contributed by atoms with E-state index in [1.54, 1.807) is 0 Å². The molecule has 0 aliphatic heterocycles. The number of hydrogen-bond donors (Lipinski definition) is 7. The monoisotopic (exact) mass is 364 g/mol. The van der Waals surface area contributed by atoms with Crippen LogP contribution in [0.5, 0.6) is 0 Å². The van der Waals surface area contributed by atoms with Gasteiger partial charge in [-0.1, -0.05) is 6.42 Å². The van der Waals surface area contributed by atoms with Crippen molar-refractivity contribution in [2.45, 2.75) is 43.8 Å². The summed E-state index contributed by atoms with van der Waals surface area (Å²) in [6, 6.07) is -3.65. The Morgan fingerprint density at radius 2 is 1.58 bits per heavy atom. The second-order valence-corrected chi connectivity index (χ2v) is 5.50. The highest BCUT2D eigenvalue weighted by Crippen LogP contribution is 2.01. The first kappa shape index (κ1) is 22.1. The summed E-state index contributed by atoms with van der Waals surface area (Å²) >= 11 is 3.79. The Labute approximate surface area is 144 Å². The van der Waals surface area contributed by atoms with Crippen molar-refractivity contribution in [3.8, 4) is 0 Å². The van der Waals surface area contributed by atoms with E-state index in [0.717, 1.165) is 0 Å². The average molecular weight is 364 g/mol. The van der Waals surface area contributed by atoms with Gasteiger partial charge in [-0.3, -0.25) is 14.4 Å². The number of amides is 2. The first-order chi connectivity index (χ1) is 11.2. The summed E-state index contributed by atoms with van der Waals surface area (Å²) in [4.78, 5) is 45.7. The van der Waals surface area contributed by atoms with Crippen LogP contribution in [0.2, 0.25) is 0 Å². The second kappa shape index (κ2) is 11.6. The van der Waals surface area contributed by atoms with E-state index in [9.17, 15) is 19.2 Å². The summed E-state index contributed by atoms with van der Waals surface area (Å²) in [5.41, 5.74) is 11.0. The number of unbranched alkanes of at least 4 members (excludes halogenated alkanes) is 1. The Kier molecular flexibility index (Phi) is 10.8. The SMILES string of the molecule is NCCCC[C@H](N)C(=O)N[C@@H](CC(=O)O)C(=O)N[C@@H](CS)C(=O)O. The lowest BCUT2D eigenvalue weighted by Crippen LogP contribution is -2.55. The predicted octanol–water partition coefficient (Wildman–Crippen LogP) is -2.10. The fraction of sp³-hybridized carbons (Fsp3) is 0.692. The molecule has 0 bridgehead atoms. The van der Waals surface area contributed by atoms with Crippen molar-refractivity contribution < 1.29 is 29.4 Å². The molecule has 0 aliphatic rings. The number of carbonyl (C=O) groups excluding carboxylic acids is 2. The fourth-order valence-corrected chi connectivity index (χ4v) is 2.01. The molecule has 138 valence electrons. The van der Waals surface area contributed by atoms with Crippen LogP contribution < -0.4 is 22.1 Å². The first-order valence-corrected chi connectivity index (χ1v) is 7.98. The Balaban J connectivity index is 4.81. The normalized spacial score (nSPS) is 14.3. The van der Waals surface area contributed by atoms with Crippen LogP contribution in [0.1, 0.15) is 25.7 Å². The van der Waals surface area contributed by atoms with E-state index in [-0.39, 0.29) is 5.75 Å². The third-order valence-electron chi connectivity index (χ3n) is 3.11. The highest BCUT2D eigenvalue weighted by atomic mass is 32.1. The molecule has 0 aliphatic carbocycles. The van der Waals surface area contributed by atoms with Crippen LogP contribution >= 0.6 is 12.6 Å². The molecule has 3 atom stereocenters. The van der Waals surface area contributed by atoms with Gasteiger partial charge in [0.05, 0.1) is 12.5 Å². The summed E-state index contributed by atoms with van der Waals surface area (Å²) in [6.07, 6.45) is 0.925. The van der Waals surface area contributed by atoms with E-state index in [4.69, 9.17) is 21.7 Å². The Morgan fingerprint density at radius 1 is 1.00 bits per heavy atom. The number of hydrogen-bond acceptors (Lipinski definition) is 7. The van der Waals surface area contributed by atoms with Crippen molar-refractivity contribution in [1.29, 1.82) is 0 Å². The van der Waals surface area contributed by atoms with E-state index < -0.39 is 48.3 Å². The molecule has 2 amide bonds. The van der Waals surface area contributed by atoms with Crippen molar-refractivity contribution in [3.05, 3.63) is 0 Å². The molecule has 0 radical (unpaired) electrons. The minimum Gasteiger partial charge on any atom is -0.481 e. The number of rotatable bonds is 12. The highest BCUT2D eigenvalue weighted by molar-refractivity contribution is 7.80. The van der Waals surface area contributed by atoms with Gasteiger partial charge in [0.1, 0.15) is 12.1 Å². The zero-order chi connectivity index (χ0) is 18.7. The fourth-order valence-electron chi connectivity index (χ4n) is 1.76. The largest absolute Gasteiger partial charge is 0.481 e. The number of thiol groups is 1. The van der Waals surface area contributed by atoms with Crippen molar-refractivity contribution in [3.63, 3.8) is 0 Å². The summed E-state index contributed by atoms with van der Waals surface area (Å²) in [6.45, 7) is 0.457. The van der Waals surface area contributed by atoms with Crippen LogP contribution in [-0.4, -0.2) is 64.4 Å². The van der Waals surface area contributed by atoms with E-state index in [1.165, 1.54) is 0 Å². The number of nitrogens with one attached hydrogen (secondary N) is 2. The Bertz CT molecular complexity index is 462. The zero-order valence-corrected chi connectivity index (χ0v) is 14.0. The van der Waals surface area contributed by atoms with Gasteiger partial charge >= 0.3 is 11.9 Å². The molecule has 0 saturated carbocycles. The molecule has 0 unspecified atom stereocenters. The Hall–Kier alpha value is -1.85. The van der Waals surface area contributed by atoms with Crippen molar-refractivity contribution in [1.82, 2.24) is 10.6 Å². The van der Waals surface area contributed by atoms with Crippen LogP contribution in [0.15, 0.2) is 0 Å². The van der Waals surface area contributed by atoms with Crippen molar-refractivity contribution in [2.75, 3.05) is 12.3 Å². The van der Waals surface area contributed by atoms with Gasteiger partial charge in [-0.25, -0.2) is 4.79 Å². The van der Waals surface area contributed by atoms with Gasteiger partial charge in [0, 0.05) is 5.75 Å². The van der Waals surface area contributed by atoms with Crippen LogP contribution in [0.25, 0.3) is 0 Å². The lowest BCUT2D eigenvalue weighted by Gasteiger charge is -2.21. The molecule has 8 N–H and O–H groups in total. The van der Waals surface area contributed by atoms with Gasteiger partial charge < -0.3 is 32.3 Å². The molecule has 0 saturated heterocycles. The summed E-state index contributed by atoms with van der Waals surface area (Å²) in [5.74, 6) is -4.46. The minimum atomic E-state index is -1.43. The molecule has 10 nitrogen and oxygen atoms in total. The first-order valence-electron chi connectivity index (χ1n) is 7.34. The molecule has 0 aromatic carbocycles. The third-order valence-corrected chi connectivity index (χ3v) is 3.48. The lowest BCUT2D eigenvalue weighted by molar-refractivity contribution is -0.143. The molecular weight excluding hydrogens is 340 g/mol. The van der Waals surface area contributed by atoms with E-state index in [2.05, 4.69) is 23.3 Å². The molecular formula is C13H24N4O6S. The quantitative estimate of drug-likeness (QED) is 0.152. The van der Waals surface area contributed by atoms with Crippen LogP contribution in [0.4, 0.5) is 0 Å².